The first kappa shape index (κ1) is 17.7. The lowest BCUT2D eigenvalue weighted by molar-refractivity contribution is 0.0717. The number of carbonyl (C=O) groups is 2. The van der Waals surface area contributed by atoms with E-state index in [1.165, 1.54) is 6.07 Å². The second-order valence-electron chi connectivity index (χ2n) is 5.97. The van der Waals surface area contributed by atoms with Crippen molar-refractivity contribution in [2.45, 2.75) is 6.42 Å². The third-order valence-electron chi connectivity index (χ3n) is 4.28. The van der Waals surface area contributed by atoms with Gasteiger partial charge in [0.15, 0.2) is 0 Å². The molecule has 0 aromatic heterocycles. The number of nitrogens with zero attached hydrogens (tertiary/aromatic N) is 2. The van der Waals surface area contributed by atoms with Crippen molar-refractivity contribution in [1.29, 1.82) is 0 Å². The van der Waals surface area contributed by atoms with Gasteiger partial charge >= 0.3 is 0 Å². The first-order valence-electron chi connectivity index (χ1n) is 8.18. The van der Waals surface area contributed by atoms with Gasteiger partial charge in [-0.3, -0.25) is 9.59 Å². The van der Waals surface area contributed by atoms with Gasteiger partial charge in [0.1, 0.15) is 5.75 Å². The van der Waals surface area contributed by atoms with Crippen molar-refractivity contribution >= 4 is 34.4 Å². The molecular formula is C19H19IN2O3. The lowest BCUT2D eigenvalue weighted by Crippen LogP contribution is -2.37. The van der Waals surface area contributed by atoms with Crippen molar-refractivity contribution in [1.82, 2.24) is 9.80 Å². The van der Waals surface area contributed by atoms with Gasteiger partial charge in [0.25, 0.3) is 11.8 Å². The van der Waals surface area contributed by atoms with Crippen molar-refractivity contribution in [3.8, 4) is 5.75 Å². The molecule has 6 heteroatoms. The second-order valence-corrected chi connectivity index (χ2v) is 7.21. The highest BCUT2D eigenvalue weighted by molar-refractivity contribution is 14.1. The molecule has 2 aromatic rings. The molecule has 0 atom stereocenters. The SMILES string of the molecule is O=C(c1ccccc1)N1CCCN(C(=O)c2cc(I)ccc2O)CC1. The molecule has 25 heavy (non-hydrogen) atoms. The maximum absolute atomic E-state index is 12.7. The molecule has 2 amide bonds. The van der Waals surface area contributed by atoms with Crippen molar-refractivity contribution in [2.75, 3.05) is 26.2 Å². The highest BCUT2D eigenvalue weighted by Crippen LogP contribution is 2.22. The lowest BCUT2D eigenvalue weighted by atomic mass is 10.1. The van der Waals surface area contributed by atoms with Crippen LogP contribution in [0.1, 0.15) is 27.1 Å². The average Bonchev–Trinajstić information content (AvgIpc) is 2.89. The minimum absolute atomic E-state index is 0.00740. The normalized spacial score (nSPS) is 14.9. The monoisotopic (exact) mass is 450 g/mol. The summed E-state index contributed by atoms with van der Waals surface area (Å²) in [5.41, 5.74) is 0.979. The van der Waals surface area contributed by atoms with Gasteiger partial charge in [-0.1, -0.05) is 18.2 Å². The topological polar surface area (TPSA) is 60.9 Å². The van der Waals surface area contributed by atoms with Gasteiger partial charge in [0.2, 0.25) is 0 Å². The highest BCUT2D eigenvalue weighted by atomic mass is 127. The van der Waals surface area contributed by atoms with Crippen LogP contribution in [0.2, 0.25) is 0 Å². The number of phenols is 1. The fourth-order valence-electron chi connectivity index (χ4n) is 2.94. The predicted molar refractivity (Wildman–Crippen MR) is 104 cm³/mol. The van der Waals surface area contributed by atoms with Crippen molar-refractivity contribution in [3.63, 3.8) is 0 Å². The van der Waals surface area contributed by atoms with Crippen LogP contribution in [0.25, 0.3) is 0 Å². The predicted octanol–water partition coefficient (Wildman–Crippen LogP) is 2.99. The van der Waals surface area contributed by atoms with Gasteiger partial charge < -0.3 is 14.9 Å². The Morgan fingerprint density at radius 3 is 2.20 bits per heavy atom. The third-order valence-corrected chi connectivity index (χ3v) is 4.95. The quantitative estimate of drug-likeness (QED) is 0.716. The molecule has 1 N–H and O–H groups in total. The number of rotatable bonds is 2. The zero-order valence-corrected chi connectivity index (χ0v) is 15.8. The largest absolute Gasteiger partial charge is 0.507 e. The summed E-state index contributed by atoms with van der Waals surface area (Å²) in [4.78, 5) is 28.8. The Balaban J connectivity index is 1.70. The number of carbonyl (C=O) groups excluding carboxylic acids is 2. The Bertz CT molecular complexity index is 779. The summed E-state index contributed by atoms with van der Waals surface area (Å²) < 4.78 is 0.898. The van der Waals surface area contributed by atoms with Gasteiger partial charge in [0.05, 0.1) is 5.56 Å². The number of hydrogen-bond donors (Lipinski definition) is 1. The van der Waals surface area contributed by atoms with Crippen LogP contribution in [0.4, 0.5) is 0 Å². The van der Waals surface area contributed by atoms with Crippen molar-refractivity contribution in [3.05, 3.63) is 63.2 Å². The fourth-order valence-corrected chi connectivity index (χ4v) is 3.43. The van der Waals surface area contributed by atoms with Crippen LogP contribution in [0.3, 0.4) is 0 Å². The number of hydrogen-bond acceptors (Lipinski definition) is 3. The zero-order valence-electron chi connectivity index (χ0n) is 13.7. The summed E-state index contributed by atoms with van der Waals surface area (Å²) in [6.07, 6.45) is 0.717. The van der Waals surface area contributed by atoms with Crippen LogP contribution >= 0.6 is 22.6 Å². The fraction of sp³-hybridized carbons (Fsp3) is 0.263. The number of aromatic hydroxyl groups is 1. The third kappa shape index (κ3) is 4.12. The molecule has 0 bridgehead atoms. The van der Waals surface area contributed by atoms with E-state index in [4.69, 9.17) is 0 Å². The summed E-state index contributed by atoms with van der Waals surface area (Å²) in [6.45, 7) is 2.14. The van der Waals surface area contributed by atoms with Crippen LogP contribution < -0.4 is 0 Å². The summed E-state index contributed by atoms with van der Waals surface area (Å²) in [6, 6.07) is 14.2. The molecule has 0 aliphatic carbocycles. The Hall–Kier alpha value is -2.09. The molecule has 1 heterocycles. The molecule has 2 aromatic carbocycles. The molecule has 1 fully saturated rings. The van der Waals surface area contributed by atoms with E-state index in [9.17, 15) is 14.7 Å². The van der Waals surface area contributed by atoms with E-state index in [2.05, 4.69) is 22.6 Å². The van der Waals surface area contributed by atoms with E-state index in [1.807, 2.05) is 18.2 Å². The van der Waals surface area contributed by atoms with E-state index >= 15 is 0 Å². The molecule has 130 valence electrons. The molecule has 1 saturated heterocycles. The van der Waals surface area contributed by atoms with Crippen LogP contribution in [-0.2, 0) is 0 Å². The second kappa shape index (κ2) is 7.86. The number of halogens is 1. The molecule has 0 unspecified atom stereocenters. The molecule has 0 spiro atoms. The Morgan fingerprint density at radius 2 is 1.52 bits per heavy atom. The van der Waals surface area contributed by atoms with E-state index in [1.54, 1.807) is 34.1 Å². The molecular weight excluding hydrogens is 431 g/mol. The number of amides is 2. The van der Waals surface area contributed by atoms with Gasteiger partial charge in [-0.2, -0.15) is 0 Å². The molecule has 5 nitrogen and oxygen atoms in total. The highest BCUT2D eigenvalue weighted by Gasteiger charge is 2.24. The average molecular weight is 450 g/mol. The zero-order chi connectivity index (χ0) is 17.8. The maximum Gasteiger partial charge on any atom is 0.257 e. The standard InChI is InChI=1S/C19H19IN2O3/c20-15-7-8-17(23)16(13-15)19(25)22-10-4-9-21(11-12-22)18(24)14-5-2-1-3-6-14/h1-3,5-8,13,23H,4,9-12H2. The van der Waals surface area contributed by atoms with Crippen LogP contribution in [0.5, 0.6) is 5.75 Å². The lowest BCUT2D eigenvalue weighted by Gasteiger charge is -2.22. The van der Waals surface area contributed by atoms with Crippen molar-refractivity contribution in [2.24, 2.45) is 0 Å². The van der Waals surface area contributed by atoms with Gasteiger partial charge in [-0.15, -0.1) is 0 Å². The van der Waals surface area contributed by atoms with Gasteiger partial charge in [-0.25, -0.2) is 0 Å². The Kier molecular flexibility index (Phi) is 5.57. The van der Waals surface area contributed by atoms with Gasteiger partial charge in [0, 0.05) is 35.3 Å². The number of phenolic OH excluding ortho intramolecular Hbond substituents is 1. The number of benzene rings is 2. The molecule has 0 radical (unpaired) electrons. The summed E-state index contributed by atoms with van der Waals surface area (Å²) in [5.74, 6) is -0.205. The summed E-state index contributed by atoms with van der Waals surface area (Å²) in [7, 11) is 0. The van der Waals surface area contributed by atoms with Gasteiger partial charge in [-0.05, 0) is 59.3 Å². The Labute approximate surface area is 160 Å². The summed E-state index contributed by atoms with van der Waals surface area (Å²) >= 11 is 2.12. The van der Waals surface area contributed by atoms with Crippen molar-refractivity contribution < 1.29 is 14.7 Å². The molecule has 3 rings (SSSR count). The van der Waals surface area contributed by atoms with E-state index in [0.717, 1.165) is 9.99 Å². The molecule has 1 aliphatic heterocycles. The first-order valence-corrected chi connectivity index (χ1v) is 9.26. The molecule has 0 saturated carbocycles. The van der Waals surface area contributed by atoms with Crippen LogP contribution in [-0.4, -0.2) is 52.9 Å². The Morgan fingerprint density at radius 1 is 0.880 bits per heavy atom. The van der Waals surface area contributed by atoms with Crippen LogP contribution in [0, 0.1) is 3.57 Å². The first-order chi connectivity index (χ1) is 12.1. The van der Waals surface area contributed by atoms with Crippen LogP contribution in [0.15, 0.2) is 48.5 Å². The van der Waals surface area contributed by atoms with E-state index < -0.39 is 0 Å². The summed E-state index contributed by atoms with van der Waals surface area (Å²) in [5, 5.41) is 9.98. The van der Waals surface area contributed by atoms with E-state index in [0.29, 0.717) is 37.3 Å². The minimum Gasteiger partial charge on any atom is -0.507 e. The maximum atomic E-state index is 12.7. The smallest absolute Gasteiger partial charge is 0.257 e. The minimum atomic E-state index is -0.190. The molecule has 1 aliphatic rings. The van der Waals surface area contributed by atoms with E-state index in [-0.39, 0.29) is 17.6 Å².